The highest BCUT2D eigenvalue weighted by atomic mass is 16.5. The Morgan fingerprint density at radius 3 is 2.54 bits per heavy atom. The van der Waals surface area contributed by atoms with Crippen molar-refractivity contribution in [3.05, 3.63) is 23.8 Å². The first-order chi connectivity index (χ1) is 6.31. The van der Waals surface area contributed by atoms with Gasteiger partial charge in [0.25, 0.3) is 6.47 Å². The van der Waals surface area contributed by atoms with Crippen LogP contribution >= 0.6 is 0 Å². The molecule has 13 heavy (non-hydrogen) atoms. The second kappa shape index (κ2) is 4.25. The number of aldehydes is 1. The van der Waals surface area contributed by atoms with E-state index >= 15 is 0 Å². The van der Waals surface area contributed by atoms with Gasteiger partial charge in [0.05, 0.1) is 7.11 Å². The first-order valence-electron chi connectivity index (χ1n) is 3.55. The van der Waals surface area contributed by atoms with Gasteiger partial charge in [0.1, 0.15) is 6.29 Å². The van der Waals surface area contributed by atoms with E-state index in [9.17, 15) is 9.59 Å². The topological polar surface area (TPSA) is 52.6 Å². The fourth-order valence-electron chi connectivity index (χ4n) is 0.907. The number of methoxy groups -OCH3 is 1. The zero-order chi connectivity index (χ0) is 9.68. The maximum absolute atomic E-state index is 10.4. The fourth-order valence-corrected chi connectivity index (χ4v) is 0.907. The first kappa shape index (κ1) is 9.25. The summed E-state index contributed by atoms with van der Waals surface area (Å²) in [5.41, 5.74) is 0.468. The van der Waals surface area contributed by atoms with Crippen LogP contribution in [0.3, 0.4) is 0 Å². The summed E-state index contributed by atoms with van der Waals surface area (Å²) in [4.78, 5) is 20.4. The normalized spacial score (nSPS) is 9.00. The van der Waals surface area contributed by atoms with Crippen molar-refractivity contribution < 1.29 is 19.1 Å². The Morgan fingerprint density at radius 2 is 2.00 bits per heavy atom. The van der Waals surface area contributed by atoms with Crippen LogP contribution in [0.15, 0.2) is 18.2 Å². The Bertz CT molecular complexity index is 319. The van der Waals surface area contributed by atoms with Gasteiger partial charge in [-0.2, -0.15) is 0 Å². The molecule has 0 saturated heterocycles. The number of carbonyl (C=O) groups excluding carboxylic acids is 2. The van der Waals surface area contributed by atoms with Crippen molar-refractivity contribution in [3.8, 4) is 11.5 Å². The van der Waals surface area contributed by atoms with Crippen LogP contribution in [0.25, 0.3) is 0 Å². The lowest BCUT2D eigenvalue weighted by Crippen LogP contribution is -1.94. The van der Waals surface area contributed by atoms with Crippen LogP contribution < -0.4 is 9.47 Å². The Hall–Kier alpha value is -1.84. The molecule has 0 atom stereocenters. The molecule has 0 unspecified atom stereocenters. The predicted octanol–water partition coefficient (Wildman–Crippen LogP) is 1.04. The molecule has 4 heteroatoms. The molecule has 68 valence electrons. The number of benzene rings is 1. The molecule has 0 N–H and O–H groups in total. The zero-order valence-corrected chi connectivity index (χ0v) is 7.02. The summed E-state index contributed by atoms with van der Waals surface area (Å²) in [5, 5.41) is 0. The van der Waals surface area contributed by atoms with Crippen LogP contribution in [0.5, 0.6) is 11.5 Å². The Morgan fingerprint density at radius 1 is 1.23 bits per heavy atom. The zero-order valence-electron chi connectivity index (χ0n) is 7.02. The summed E-state index contributed by atoms with van der Waals surface area (Å²) in [7, 11) is 1.43. The lowest BCUT2D eigenvalue weighted by molar-refractivity contribution is -0.120. The van der Waals surface area contributed by atoms with Gasteiger partial charge in [-0.1, -0.05) is 0 Å². The largest absolute Gasteiger partial charge is 0.493 e. The quantitative estimate of drug-likeness (QED) is 0.649. The van der Waals surface area contributed by atoms with Gasteiger partial charge < -0.3 is 9.47 Å². The second-order valence-corrected chi connectivity index (χ2v) is 2.24. The number of ether oxygens (including phenoxy) is 2. The van der Waals surface area contributed by atoms with Gasteiger partial charge in [0.2, 0.25) is 0 Å². The third kappa shape index (κ3) is 2.05. The number of carbonyl (C=O) groups is 2. The van der Waals surface area contributed by atoms with Gasteiger partial charge in [0, 0.05) is 5.56 Å². The van der Waals surface area contributed by atoms with Crippen molar-refractivity contribution in [1.29, 1.82) is 0 Å². The Kier molecular flexibility index (Phi) is 3.03. The Labute approximate surface area is 75.1 Å². The predicted molar refractivity (Wildman–Crippen MR) is 45.1 cm³/mol. The molecule has 0 heterocycles. The molecule has 0 radical (unpaired) electrons. The van der Waals surface area contributed by atoms with E-state index in [4.69, 9.17) is 4.74 Å². The number of hydrogen-bond donors (Lipinski definition) is 0. The molecule has 4 nitrogen and oxygen atoms in total. The van der Waals surface area contributed by atoms with E-state index in [-0.39, 0.29) is 0 Å². The molecule has 0 aromatic heterocycles. The smallest absolute Gasteiger partial charge is 0.298 e. The van der Waals surface area contributed by atoms with Gasteiger partial charge in [-0.15, -0.1) is 0 Å². The highest BCUT2D eigenvalue weighted by molar-refractivity contribution is 5.76. The molecule has 0 aliphatic carbocycles. The fraction of sp³-hybridized carbons (Fsp3) is 0.111. The lowest BCUT2D eigenvalue weighted by atomic mass is 10.2. The van der Waals surface area contributed by atoms with E-state index < -0.39 is 0 Å². The molecule has 0 bridgehead atoms. The molecule has 0 fully saturated rings. The van der Waals surface area contributed by atoms with Gasteiger partial charge in [0.15, 0.2) is 11.5 Å². The van der Waals surface area contributed by atoms with Crippen molar-refractivity contribution in [3.63, 3.8) is 0 Å². The lowest BCUT2D eigenvalue weighted by Gasteiger charge is -2.05. The summed E-state index contributed by atoms with van der Waals surface area (Å²) in [5.74, 6) is 0.653. The number of hydrogen-bond acceptors (Lipinski definition) is 4. The van der Waals surface area contributed by atoms with Gasteiger partial charge in [-0.25, -0.2) is 0 Å². The minimum atomic E-state index is 0.295. The van der Waals surface area contributed by atoms with Crippen LogP contribution in [0.1, 0.15) is 10.4 Å². The average molecular weight is 180 g/mol. The van der Waals surface area contributed by atoms with Crippen molar-refractivity contribution in [1.82, 2.24) is 0 Å². The van der Waals surface area contributed by atoms with Gasteiger partial charge in [-0.3, -0.25) is 9.59 Å². The van der Waals surface area contributed by atoms with Crippen molar-refractivity contribution in [2.75, 3.05) is 7.11 Å². The first-order valence-corrected chi connectivity index (χ1v) is 3.55. The maximum atomic E-state index is 10.4. The van der Waals surface area contributed by atoms with Gasteiger partial charge >= 0.3 is 0 Å². The minimum absolute atomic E-state index is 0.295. The number of rotatable bonds is 4. The van der Waals surface area contributed by atoms with Crippen LogP contribution in [0, 0.1) is 0 Å². The molecule has 0 saturated carbocycles. The minimum Gasteiger partial charge on any atom is -0.493 e. The summed E-state index contributed by atoms with van der Waals surface area (Å²) in [6.45, 7) is 0.304. The van der Waals surface area contributed by atoms with E-state index in [1.165, 1.54) is 25.3 Å². The molecular weight excluding hydrogens is 172 g/mol. The third-order valence-corrected chi connectivity index (χ3v) is 1.50. The molecule has 0 aliphatic heterocycles. The summed E-state index contributed by atoms with van der Waals surface area (Å²) in [6.07, 6.45) is 0.688. The van der Waals surface area contributed by atoms with Crippen molar-refractivity contribution in [2.24, 2.45) is 0 Å². The Balaban J connectivity index is 3.06. The molecule has 1 aromatic rings. The molecule has 1 aromatic carbocycles. The van der Waals surface area contributed by atoms with E-state index in [0.717, 1.165) is 0 Å². The van der Waals surface area contributed by atoms with Crippen LogP contribution in [-0.2, 0) is 4.79 Å². The highest BCUT2D eigenvalue weighted by Gasteiger charge is 2.04. The van der Waals surface area contributed by atoms with E-state index in [1.807, 2.05) is 0 Å². The SMILES string of the molecule is COc1cc(C=O)ccc1OC=O. The van der Waals surface area contributed by atoms with Crippen LogP contribution in [0.4, 0.5) is 0 Å². The average Bonchev–Trinajstić information content (AvgIpc) is 2.19. The van der Waals surface area contributed by atoms with Crippen LogP contribution in [-0.4, -0.2) is 19.9 Å². The molecule has 0 aliphatic rings. The van der Waals surface area contributed by atoms with E-state index in [2.05, 4.69) is 4.74 Å². The monoisotopic (exact) mass is 180 g/mol. The molecule has 0 amide bonds. The molecule has 0 spiro atoms. The summed E-state index contributed by atoms with van der Waals surface area (Å²) >= 11 is 0. The highest BCUT2D eigenvalue weighted by Crippen LogP contribution is 2.26. The standard InChI is InChI=1S/C9H8O4/c1-12-9-4-7(5-10)2-3-8(9)13-6-11/h2-6H,1H3. The second-order valence-electron chi connectivity index (χ2n) is 2.24. The maximum Gasteiger partial charge on any atom is 0.298 e. The summed E-state index contributed by atoms with van der Waals surface area (Å²) < 4.78 is 9.50. The van der Waals surface area contributed by atoms with Crippen LogP contribution in [0.2, 0.25) is 0 Å². The van der Waals surface area contributed by atoms with Crippen molar-refractivity contribution in [2.45, 2.75) is 0 Å². The van der Waals surface area contributed by atoms with Gasteiger partial charge in [-0.05, 0) is 18.2 Å². The molecular formula is C9H8O4. The van der Waals surface area contributed by atoms with E-state index in [0.29, 0.717) is 29.8 Å². The van der Waals surface area contributed by atoms with E-state index in [1.54, 1.807) is 0 Å². The van der Waals surface area contributed by atoms with Crippen molar-refractivity contribution >= 4 is 12.8 Å². The molecule has 1 rings (SSSR count). The summed E-state index contributed by atoms with van der Waals surface area (Å²) in [6, 6.07) is 4.52. The third-order valence-electron chi connectivity index (χ3n) is 1.50.